The number of carbonyl (C=O) groups is 2. The maximum absolute atomic E-state index is 12.8. The summed E-state index contributed by atoms with van der Waals surface area (Å²) in [5.74, 6) is 0.0924. The fraction of sp³-hybridized carbons (Fsp3) is 0.500. The third-order valence-corrected chi connectivity index (χ3v) is 5.60. The van der Waals surface area contributed by atoms with E-state index in [1.54, 1.807) is 11.8 Å². The molecule has 0 spiro atoms. The number of fused-ring (bicyclic) bond motifs is 1. The number of aryl methyl sites for hydroxylation is 1. The molecule has 0 bridgehead atoms. The second-order valence-corrected chi connectivity index (χ2v) is 6.85. The summed E-state index contributed by atoms with van der Waals surface area (Å²) >= 11 is 1.71. The molecule has 0 saturated carbocycles. The molecule has 0 aliphatic carbocycles. The van der Waals surface area contributed by atoms with Crippen molar-refractivity contribution in [2.45, 2.75) is 24.5 Å². The largest absolute Gasteiger partial charge is 0.481 e. The van der Waals surface area contributed by atoms with Crippen LogP contribution in [0.25, 0.3) is 0 Å². The van der Waals surface area contributed by atoms with Gasteiger partial charge in [0.25, 0.3) is 0 Å². The number of hydrogen-bond donors (Lipinski definition) is 1. The summed E-state index contributed by atoms with van der Waals surface area (Å²) in [7, 11) is 0. The number of rotatable bonds is 2. The Morgan fingerprint density at radius 1 is 1.19 bits per heavy atom. The van der Waals surface area contributed by atoms with Gasteiger partial charge in [-0.25, -0.2) is 0 Å². The Kier molecular flexibility index (Phi) is 4.19. The Labute approximate surface area is 128 Å². The highest BCUT2D eigenvalue weighted by atomic mass is 32.2. The van der Waals surface area contributed by atoms with Gasteiger partial charge in [0.2, 0.25) is 5.91 Å². The van der Waals surface area contributed by atoms with E-state index in [-0.39, 0.29) is 17.1 Å². The van der Waals surface area contributed by atoms with Gasteiger partial charge in [-0.2, -0.15) is 0 Å². The first kappa shape index (κ1) is 14.4. The molecular formula is C16H19NO3S. The zero-order valence-corrected chi connectivity index (χ0v) is 12.6. The topological polar surface area (TPSA) is 57.6 Å². The van der Waals surface area contributed by atoms with E-state index >= 15 is 0 Å². The van der Waals surface area contributed by atoms with Crippen molar-refractivity contribution in [3.63, 3.8) is 0 Å². The van der Waals surface area contributed by atoms with Crippen molar-refractivity contribution in [2.24, 2.45) is 5.92 Å². The molecule has 2 heterocycles. The number of likely N-dealkylation sites (tertiary alicyclic amines) is 1. The van der Waals surface area contributed by atoms with Crippen LogP contribution in [0.1, 0.15) is 29.2 Å². The number of benzene rings is 1. The molecule has 21 heavy (non-hydrogen) atoms. The number of piperidine rings is 1. The first-order valence-corrected chi connectivity index (χ1v) is 8.42. The van der Waals surface area contributed by atoms with Gasteiger partial charge in [-0.1, -0.05) is 24.3 Å². The lowest BCUT2D eigenvalue weighted by Crippen LogP contribution is -2.42. The van der Waals surface area contributed by atoms with E-state index in [9.17, 15) is 9.59 Å². The van der Waals surface area contributed by atoms with Crippen molar-refractivity contribution in [3.8, 4) is 0 Å². The van der Waals surface area contributed by atoms with Crippen LogP contribution in [0.5, 0.6) is 0 Å². The molecule has 112 valence electrons. The number of nitrogens with zero attached hydrogens (tertiary/aromatic N) is 1. The van der Waals surface area contributed by atoms with E-state index in [1.165, 1.54) is 5.56 Å². The van der Waals surface area contributed by atoms with Crippen molar-refractivity contribution in [3.05, 3.63) is 35.4 Å². The number of carboxylic acid groups (broad SMARTS) is 1. The van der Waals surface area contributed by atoms with Gasteiger partial charge < -0.3 is 10.0 Å². The van der Waals surface area contributed by atoms with Crippen molar-refractivity contribution >= 4 is 23.6 Å². The van der Waals surface area contributed by atoms with Gasteiger partial charge in [0, 0.05) is 13.1 Å². The number of carboxylic acids is 1. The molecular weight excluding hydrogens is 286 g/mol. The van der Waals surface area contributed by atoms with Crippen molar-refractivity contribution in [1.29, 1.82) is 0 Å². The Morgan fingerprint density at radius 2 is 1.90 bits per heavy atom. The van der Waals surface area contributed by atoms with E-state index in [4.69, 9.17) is 5.11 Å². The second kappa shape index (κ2) is 6.10. The zero-order valence-electron chi connectivity index (χ0n) is 11.8. The van der Waals surface area contributed by atoms with Gasteiger partial charge in [0.1, 0.15) is 5.25 Å². The van der Waals surface area contributed by atoms with Crippen molar-refractivity contribution in [1.82, 2.24) is 4.90 Å². The normalized spacial score (nSPS) is 22.7. The van der Waals surface area contributed by atoms with Crippen LogP contribution in [-0.2, 0) is 16.0 Å². The van der Waals surface area contributed by atoms with Crippen LogP contribution in [0.3, 0.4) is 0 Å². The number of hydrogen-bond acceptors (Lipinski definition) is 3. The molecule has 1 amide bonds. The summed E-state index contributed by atoms with van der Waals surface area (Å²) in [5.41, 5.74) is 2.41. The molecule has 3 rings (SSSR count). The molecule has 1 aromatic rings. The SMILES string of the molecule is O=C(O)C1CCN(C(=O)C2SCCc3ccccc32)CC1. The Bertz CT molecular complexity index is 552. The molecule has 2 aliphatic heterocycles. The molecule has 1 atom stereocenters. The van der Waals surface area contributed by atoms with Crippen LogP contribution >= 0.6 is 11.8 Å². The lowest BCUT2D eigenvalue weighted by atomic mass is 9.95. The first-order chi connectivity index (χ1) is 10.2. The van der Waals surface area contributed by atoms with Crippen LogP contribution in [0.2, 0.25) is 0 Å². The maximum Gasteiger partial charge on any atom is 0.306 e. The fourth-order valence-electron chi connectivity index (χ4n) is 3.11. The van der Waals surface area contributed by atoms with Crippen LogP contribution in [-0.4, -0.2) is 40.7 Å². The number of carbonyl (C=O) groups excluding carboxylic acids is 1. The molecule has 0 radical (unpaired) electrons. The summed E-state index contributed by atoms with van der Waals surface area (Å²) in [5, 5.41) is 8.92. The molecule has 1 N–H and O–H groups in total. The smallest absolute Gasteiger partial charge is 0.306 e. The number of amides is 1. The van der Waals surface area contributed by atoms with Crippen LogP contribution < -0.4 is 0 Å². The lowest BCUT2D eigenvalue weighted by Gasteiger charge is -2.34. The van der Waals surface area contributed by atoms with E-state index in [0.29, 0.717) is 25.9 Å². The Hall–Kier alpha value is -1.49. The minimum atomic E-state index is -0.737. The predicted molar refractivity (Wildman–Crippen MR) is 82.3 cm³/mol. The average molecular weight is 305 g/mol. The number of thioether (sulfide) groups is 1. The van der Waals surface area contributed by atoms with E-state index < -0.39 is 5.97 Å². The van der Waals surface area contributed by atoms with Crippen LogP contribution in [0, 0.1) is 5.92 Å². The fourth-order valence-corrected chi connectivity index (χ4v) is 4.39. The molecule has 5 heteroatoms. The quantitative estimate of drug-likeness (QED) is 0.911. The summed E-state index contributed by atoms with van der Waals surface area (Å²) < 4.78 is 0. The first-order valence-electron chi connectivity index (χ1n) is 7.38. The van der Waals surface area contributed by atoms with Gasteiger partial charge in [-0.3, -0.25) is 9.59 Å². The summed E-state index contributed by atoms with van der Waals surface area (Å²) in [6.45, 7) is 1.13. The van der Waals surface area contributed by atoms with E-state index in [0.717, 1.165) is 17.7 Å². The highest BCUT2D eigenvalue weighted by Gasteiger charge is 2.33. The molecule has 1 unspecified atom stereocenters. The zero-order chi connectivity index (χ0) is 14.8. The molecule has 2 aliphatic rings. The third-order valence-electron chi connectivity index (χ3n) is 4.37. The second-order valence-electron chi connectivity index (χ2n) is 5.64. The Balaban J connectivity index is 1.71. The molecule has 1 fully saturated rings. The highest BCUT2D eigenvalue weighted by molar-refractivity contribution is 8.00. The third kappa shape index (κ3) is 2.93. The van der Waals surface area contributed by atoms with Gasteiger partial charge >= 0.3 is 5.97 Å². The minimum absolute atomic E-state index is 0.115. The molecule has 1 saturated heterocycles. The Morgan fingerprint density at radius 3 is 2.62 bits per heavy atom. The van der Waals surface area contributed by atoms with Crippen LogP contribution in [0.4, 0.5) is 0 Å². The van der Waals surface area contributed by atoms with E-state index in [2.05, 4.69) is 6.07 Å². The molecule has 1 aromatic carbocycles. The van der Waals surface area contributed by atoms with Gasteiger partial charge in [0.15, 0.2) is 0 Å². The summed E-state index contributed by atoms with van der Waals surface area (Å²) in [6, 6.07) is 8.16. The van der Waals surface area contributed by atoms with Crippen molar-refractivity contribution in [2.75, 3.05) is 18.8 Å². The van der Waals surface area contributed by atoms with E-state index in [1.807, 2.05) is 23.1 Å². The van der Waals surface area contributed by atoms with Gasteiger partial charge in [0.05, 0.1) is 5.92 Å². The molecule has 0 aromatic heterocycles. The lowest BCUT2D eigenvalue weighted by molar-refractivity contribution is -0.145. The summed E-state index contributed by atoms with van der Waals surface area (Å²) in [6.07, 6.45) is 2.16. The summed E-state index contributed by atoms with van der Waals surface area (Å²) in [4.78, 5) is 25.6. The standard InChI is InChI=1S/C16H19NO3S/c18-15(17-8-5-12(6-9-17)16(19)20)14-13-4-2-1-3-11(13)7-10-21-14/h1-4,12,14H,5-10H2,(H,19,20). The van der Waals surface area contributed by atoms with Gasteiger partial charge in [-0.15, -0.1) is 11.8 Å². The van der Waals surface area contributed by atoms with Gasteiger partial charge in [-0.05, 0) is 36.1 Å². The molecule has 4 nitrogen and oxygen atoms in total. The number of aliphatic carboxylic acids is 1. The van der Waals surface area contributed by atoms with Crippen molar-refractivity contribution < 1.29 is 14.7 Å². The predicted octanol–water partition coefficient (Wildman–Crippen LogP) is 2.34. The highest BCUT2D eigenvalue weighted by Crippen LogP contribution is 2.38. The monoisotopic (exact) mass is 305 g/mol. The minimum Gasteiger partial charge on any atom is -0.481 e. The average Bonchev–Trinajstić information content (AvgIpc) is 2.53. The maximum atomic E-state index is 12.8. The van der Waals surface area contributed by atoms with Crippen LogP contribution in [0.15, 0.2) is 24.3 Å².